The minimum atomic E-state index is -3.76. The van der Waals surface area contributed by atoms with Gasteiger partial charge in [-0.15, -0.1) is 0 Å². The van der Waals surface area contributed by atoms with E-state index >= 15 is 0 Å². The predicted molar refractivity (Wildman–Crippen MR) is 111 cm³/mol. The van der Waals surface area contributed by atoms with E-state index in [0.717, 1.165) is 5.56 Å². The highest BCUT2D eigenvalue weighted by Crippen LogP contribution is 2.32. The van der Waals surface area contributed by atoms with Crippen LogP contribution in [-0.4, -0.2) is 62.9 Å². The molecule has 1 aliphatic heterocycles. The Morgan fingerprint density at radius 3 is 2.33 bits per heavy atom. The van der Waals surface area contributed by atoms with Gasteiger partial charge in [0.2, 0.25) is 10.0 Å². The van der Waals surface area contributed by atoms with E-state index in [0.29, 0.717) is 31.9 Å². The Labute approximate surface area is 176 Å². The normalized spacial score (nSPS) is 16.8. The number of methoxy groups -OCH3 is 2. The predicted octanol–water partition coefficient (Wildman–Crippen LogP) is 2.68. The topological polar surface area (TPSA) is 102 Å². The van der Waals surface area contributed by atoms with Crippen LogP contribution in [-0.2, 0) is 10.0 Å². The number of non-ortho nitro benzene ring substituents is 1. The molecule has 2 aromatic rings. The first-order valence-electron chi connectivity index (χ1n) is 9.48. The monoisotopic (exact) mass is 435 g/mol. The summed E-state index contributed by atoms with van der Waals surface area (Å²) in [7, 11) is -0.848. The number of sulfonamides is 1. The average molecular weight is 436 g/mol. The Bertz CT molecular complexity index is 1020. The molecule has 0 N–H and O–H groups in total. The van der Waals surface area contributed by atoms with Crippen molar-refractivity contribution in [3.63, 3.8) is 0 Å². The van der Waals surface area contributed by atoms with Gasteiger partial charge in [-0.05, 0) is 24.6 Å². The van der Waals surface area contributed by atoms with Gasteiger partial charge in [0, 0.05) is 50.4 Å². The fraction of sp³-hybridized carbons (Fsp3) is 0.400. The van der Waals surface area contributed by atoms with E-state index in [1.165, 1.54) is 30.7 Å². The van der Waals surface area contributed by atoms with Gasteiger partial charge in [0.1, 0.15) is 16.4 Å². The van der Waals surface area contributed by atoms with E-state index in [1.54, 1.807) is 24.3 Å². The van der Waals surface area contributed by atoms with E-state index in [-0.39, 0.29) is 22.4 Å². The molecule has 1 fully saturated rings. The Morgan fingerprint density at radius 2 is 1.73 bits per heavy atom. The summed E-state index contributed by atoms with van der Waals surface area (Å²) in [6, 6.07) is 11.2. The van der Waals surface area contributed by atoms with Crippen LogP contribution in [0.15, 0.2) is 47.4 Å². The van der Waals surface area contributed by atoms with Crippen LogP contribution in [0.2, 0.25) is 0 Å². The largest absolute Gasteiger partial charge is 0.497 e. The Kier molecular flexibility index (Phi) is 6.59. The molecule has 0 bridgehead atoms. The average Bonchev–Trinajstić information content (AvgIpc) is 2.78. The van der Waals surface area contributed by atoms with Gasteiger partial charge in [-0.1, -0.05) is 12.1 Å². The fourth-order valence-corrected chi connectivity index (χ4v) is 5.16. The number of hydrogen-bond acceptors (Lipinski definition) is 7. The summed E-state index contributed by atoms with van der Waals surface area (Å²) in [5.41, 5.74) is 0.876. The van der Waals surface area contributed by atoms with Crippen molar-refractivity contribution in [2.24, 2.45) is 0 Å². The zero-order valence-electron chi connectivity index (χ0n) is 17.1. The third-order valence-corrected chi connectivity index (χ3v) is 7.29. The molecule has 1 unspecified atom stereocenters. The second-order valence-corrected chi connectivity index (χ2v) is 8.89. The van der Waals surface area contributed by atoms with Crippen LogP contribution in [0, 0.1) is 10.1 Å². The second-order valence-electron chi connectivity index (χ2n) is 6.98. The summed E-state index contributed by atoms with van der Waals surface area (Å²) in [5.74, 6) is 0.704. The van der Waals surface area contributed by atoms with Crippen LogP contribution in [0.5, 0.6) is 11.5 Å². The molecule has 9 nitrogen and oxygen atoms in total. The van der Waals surface area contributed by atoms with Crippen LogP contribution >= 0.6 is 0 Å². The van der Waals surface area contributed by atoms with Crippen molar-refractivity contribution in [2.75, 3.05) is 40.4 Å². The molecule has 0 amide bonds. The Morgan fingerprint density at radius 1 is 1.03 bits per heavy atom. The third kappa shape index (κ3) is 4.40. The summed E-state index contributed by atoms with van der Waals surface area (Å²) in [4.78, 5) is 12.8. The minimum absolute atomic E-state index is 0.0469. The van der Waals surface area contributed by atoms with E-state index in [4.69, 9.17) is 9.47 Å². The summed E-state index contributed by atoms with van der Waals surface area (Å²) >= 11 is 0. The van der Waals surface area contributed by atoms with E-state index in [9.17, 15) is 18.5 Å². The molecule has 0 radical (unpaired) electrons. The maximum absolute atomic E-state index is 13.2. The second kappa shape index (κ2) is 8.99. The molecule has 1 aliphatic rings. The van der Waals surface area contributed by atoms with Crippen molar-refractivity contribution >= 4 is 15.7 Å². The summed E-state index contributed by atoms with van der Waals surface area (Å²) < 4.78 is 38.2. The summed E-state index contributed by atoms with van der Waals surface area (Å²) in [6.07, 6.45) is 0. The van der Waals surface area contributed by atoms with Crippen LogP contribution < -0.4 is 9.47 Å². The van der Waals surface area contributed by atoms with E-state index in [1.807, 2.05) is 13.0 Å². The maximum Gasteiger partial charge on any atom is 0.269 e. The molecule has 0 aromatic heterocycles. The number of piperazine rings is 1. The van der Waals surface area contributed by atoms with E-state index < -0.39 is 14.9 Å². The Balaban J connectivity index is 1.75. The van der Waals surface area contributed by atoms with Crippen LogP contribution in [0.4, 0.5) is 5.69 Å². The van der Waals surface area contributed by atoms with Gasteiger partial charge >= 0.3 is 0 Å². The van der Waals surface area contributed by atoms with Crippen LogP contribution in [0.1, 0.15) is 18.5 Å². The summed E-state index contributed by atoms with van der Waals surface area (Å²) in [6.45, 7) is 3.60. The van der Waals surface area contributed by atoms with Gasteiger partial charge < -0.3 is 9.47 Å². The summed E-state index contributed by atoms with van der Waals surface area (Å²) in [5, 5.41) is 11.0. The first-order valence-corrected chi connectivity index (χ1v) is 10.9. The van der Waals surface area contributed by atoms with Crippen molar-refractivity contribution in [1.29, 1.82) is 0 Å². The van der Waals surface area contributed by atoms with Crippen molar-refractivity contribution in [2.45, 2.75) is 17.9 Å². The zero-order valence-corrected chi connectivity index (χ0v) is 18.0. The first kappa shape index (κ1) is 22.0. The molecule has 1 saturated heterocycles. The number of ether oxygens (including phenoxy) is 2. The van der Waals surface area contributed by atoms with Gasteiger partial charge in [0.05, 0.1) is 19.1 Å². The number of hydrogen-bond donors (Lipinski definition) is 0. The standard InChI is InChI=1S/C20H25N3O6S/c1-15(16-5-4-6-17(13-16)23(24)25)21-9-11-22(12-10-21)30(26,27)20-14-18(28-2)7-8-19(20)29-3/h4-8,13-15H,9-12H2,1-3H3. The van der Waals surface area contributed by atoms with Crippen LogP contribution in [0.3, 0.4) is 0 Å². The van der Waals surface area contributed by atoms with Gasteiger partial charge in [0.25, 0.3) is 5.69 Å². The van der Waals surface area contributed by atoms with E-state index in [2.05, 4.69) is 4.90 Å². The quantitative estimate of drug-likeness (QED) is 0.487. The number of nitrogens with zero attached hydrogens (tertiary/aromatic N) is 3. The number of rotatable bonds is 7. The minimum Gasteiger partial charge on any atom is -0.497 e. The van der Waals surface area contributed by atoms with Gasteiger partial charge in [-0.25, -0.2) is 8.42 Å². The first-order chi connectivity index (χ1) is 14.3. The lowest BCUT2D eigenvalue weighted by atomic mass is 10.1. The molecule has 0 aliphatic carbocycles. The smallest absolute Gasteiger partial charge is 0.269 e. The van der Waals surface area contributed by atoms with Crippen LogP contribution in [0.25, 0.3) is 0 Å². The highest BCUT2D eigenvalue weighted by Gasteiger charge is 2.32. The highest BCUT2D eigenvalue weighted by atomic mass is 32.2. The SMILES string of the molecule is COc1ccc(OC)c(S(=O)(=O)N2CCN(C(C)c3cccc([N+](=O)[O-])c3)CC2)c1. The zero-order chi connectivity index (χ0) is 21.9. The molecule has 1 atom stereocenters. The van der Waals surface area contributed by atoms with Gasteiger partial charge in [-0.3, -0.25) is 15.0 Å². The number of benzene rings is 2. The van der Waals surface area contributed by atoms with Gasteiger partial charge in [0.15, 0.2) is 0 Å². The molecular weight excluding hydrogens is 410 g/mol. The van der Waals surface area contributed by atoms with Crippen molar-refractivity contribution in [1.82, 2.24) is 9.21 Å². The fourth-order valence-electron chi connectivity index (χ4n) is 3.56. The van der Waals surface area contributed by atoms with Crippen molar-refractivity contribution in [3.8, 4) is 11.5 Å². The lowest BCUT2D eigenvalue weighted by Gasteiger charge is -2.37. The van der Waals surface area contributed by atoms with Crippen molar-refractivity contribution in [3.05, 3.63) is 58.1 Å². The lowest BCUT2D eigenvalue weighted by Crippen LogP contribution is -2.49. The molecule has 30 heavy (non-hydrogen) atoms. The molecular formula is C20H25N3O6S. The number of nitro benzene ring substituents is 1. The van der Waals surface area contributed by atoms with Crippen molar-refractivity contribution < 1.29 is 22.8 Å². The highest BCUT2D eigenvalue weighted by molar-refractivity contribution is 7.89. The number of nitro groups is 1. The molecule has 162 valence electrons. The third-order valence-electron chi connectivity index (χ3n) is 5.37. The molecule has 2 aromatic carbocycles. The molecule has 1 heterocycles. The molecule has 3 rings (SSSR count). The maximum atomic E-state index is 13.2. The molecule has 0 spiro atoms. The molecule has 10 heteroatoms. The Hall–Kier alpha value is -2.69. The lowest BCUT2D eigenvalue weighted by molar-refractivity contribution is -0.385. The van der Waals surface area contributed by atoms with Gasteiger partial charge in [-0.2, -0.15) is 4.31 Å². The molecule has 0 saturated carbocycles.